The van der Waals surface area contributed by atoms with Crippen LogP contribution < -0.4 is 20.7 Å². The fourth-order valence-electron chi connectivity index (χ4n) is 5.01. The maximum Gasteiger partial charge on any atom is 0.256 e. The molecule has 3 amide bonds. The summed E-state index contributed by atoms with van der Waals surface area (Å²) in [6.45, 7) is 5.39. The van der Waals surface area contributed by atoms with E-state index in [1.807, 2.05) is 11.8 Å². The van der Waals surface area contributed by atoms with E-state index in [0.29, 0.717) is 34.7 Å². The Kier molecular flexibility index (Phi) is 9.77. The van der Waals surface area contributed by atoms with Crippen molar-refractivity contribution in [2.75, 3.05) is 43.0 Å². The normalized spacial score (nSPS) is 18.5. The van der Waals surface area contributed by atoms with Crippen LogP contribution in [0.5, 0.6) is 5.75 Å². The fraction of sp³-hybridized carbons (Fsp3) is 0.429. The summed E-state index contributed by atoms with van der Waals surface area (Å²) in [5.41, 5.74) is 6.69. The van der Waals surface area contributed by atoms with Gasteiger partial charge in [0.1, 0.15) is 11.8 Å². The van der Waals surface area contributed by atoms with Crippen molar-refractivity contribution >= 4 is 58.0 Å². The molecule has 2 heterocycles. The molecular formula is C28H34ClN5O4S. The van der Waals surface area contributed by atoms with Crippen molar-refractivity contribution in [2.24, 2.45) is 11.7 Å². The number of piperidine rings is 1. The molecule has 2 aliphatic heterocycles. The van der Waals surface area contributed by atoms with E-state index in [4.69, 9.17) is 34.3 Å². The monoisotopic (exact) mass is 571 g/mol. The van der Waals surface area contributed by atoms with Crippen LogP contribution in [-0.2, 0) is 14.4 Å². The number of primary amides is 1. The molecule has 0 aliphatic carbocycles. The van der Waals surface area contributed by atoms with Gasteiger partial charge in [0.15, 0.2) is 5.11 Å². The van der Waals surface area contributed by atoms with Crippen LogP contribution in [0.2, 0.25) is 5.02 Å². The first-order chi connectivity index (χ1) is 18.8. The molecule has 2 saturated heterocycles. The molecular weight excluding hydrogens is 538 g/mol. The van der Waals surface area contributed by atoms with Gasteiger partial charge in [0.2, 0.25) is 11.8 Å². The molecule has 1 unspecified atom stereocenters. The number of hydrogen-bond donors (Lipinski definition) is 2. The average Bonchev–Trinajstić information content (AvgIpc) is 3.14. The minimum atomic E-state index is -0.725. The Bertz CT molecular complexity index is 1190. The zero-order valence-electron chi connectivity index (χ0n) is 22.0. The van der Waals surface area contributed by atoms with Crippen LogP contribution in [-0.4, -0.2) is 71.5 Å². The van der Waals surface area contributed by atoms with Crippen molar-refractivity contribution in [3.05, 3.63) is 53.6 Å². The van der Waals surface area contributed by atoms with Crippen molar-refractivity contribution in [3.8, 4) is 5.75 Å². The number of nitrogens with two attached hydrogens (primary N) is 1. The third-order valence-corrected chi connectivity index (χ3v) is 7.76. The Balaban J connectivity index is 1.42. The minimum Gasteiger partial charge on any atom is -0.494 e. The topological polar surface area (TPSA) is 108 Å². The Labute approximate surface area is 239 Å². The van der Waals surface area contributed by atoms with E-state index < -0.39 is 6.04 Å². The zero-order valence-corrected chi connectivity index (χ0v) is 23.5. The summed E-state index contributed by atoms with van der Waals surface area (Å²) in [7, 11) is 0. The van der Waals surface area contributed by atoms with Gasteiger partial charge in [-0.25, -0.2) is 0 Å². The first kappa shape index (κ1) is 28.8. The van der Waals surface area contributed by atoms with Gasteiger partial charge in [-0.15, -0.1) is 0 Å². The smallest absolute Gasteiger partial charge is 0.256 e. The Morgan fingerprint density at radius 3 is 2.36 bits per heavy atom. The van der Waals surface area contributed by atoms with Crippen molar-refractivity contribution < 1.29 is 19.1 Å². The lowest BCUT2D eigenvalue weighted by Crippen LogP contribution is -2.41. The predicted octanol–water partition coefficient (Wildman–Crippen LogP) is 3.66. The van der Waals surface area contributed by atoms with Crippen LogP contribution in [0.1, 0.15) is 32.6 Å². The summed E-state index contributed by atoms with van der Waals surface area (Å²) >= 11 is 11.8. The van der Waals surface area contributed by atoms with Crippen LogP contribution in [0.25, 0.3) is 0 Å². The van der Waals surface area contributed by atoms with Gasteiger partial charge in [0.05, 0.1) is 18.7 Å². The summed E-state index contributed by atoms with van der Waals surface area (Å²) in [5, 5.41) is 3.80. The van der Waals surface area contributed by atoms with Gasteiger partial charge in [-0.05, 0) is 107 Å². The number of halogens is 1. The van der Waals surface area contributed by atoms with Crippen LogP contribution in [0.4, 0.5) is 11.4 Å². The molecule has 39 heavy (non-hydrogen) atoms. The predicted molar refractivity (Wildman–Crippen MR) is 156 cm³/mol. The lowest BCUT2D eigenvalue weighted by molar-refractivity contribution is -0.124. The van der Waals surface area contributed by atoms with Crippen molar-refractivity contribution in [3.63, 3.8) is 0 Å². The summed E-state index contributed by atoms with van der Waals surface area (Å²) < 4.78 is 5.46. The van der Waals surface area contributed by atoms with Crippen molar-refractivity contribution in [1.82, 2.24) is 9.80 Å². The second kappa shape index (κ2) is 13.2. The molecule has 0 radical (unpaired) electrons. The third kappa shape index (κ3) is 7.26. The van der Waals surface area contributed by atoms with E-state index in [2.05, 4.69) is 10.2 Å². The summed E-state index contributed by atoms with van der Waals surface area (Å²) in [5.74, 6) is -0.0980. The van der Waals surface area contributed by atoms with Crippen LogP contribution >= 0.6 is 23.8 Å². The molecule has 2 aromatic carbocycles. The highest BCUT2D eigenvalue weighted by molar-refractivity contribution is 7.80. The Hall–Kier alpha value is -3.21. The molecule has 9 nitrogen and oxygen atoms in total. The second-order valence-corrected chi connectivity index (χ2v) is 10.5. The molecule has 11 heteroatoms. The standard InChI is InChI=1S/C28H34ClN5O4S/c1-2-38-23-10-6-21(7-11-23)31-25(35)18-24-27(37)34(22-8-4-20(29)5-9-22)28(39)33(24)15-3-14-32-16-12-19(13-17-32)26(30)36/h4-11,19,24H,2-3,12-18H2,1H3,(H2,30,36)(H,31,35). The summed E-state index contributed by atoms with van der Waals surface area (Å²) in [6, 6.07) is 13.3. The fourth-order valence-corrected chi connectivity index (χ4v) is 5.55. The number of hydrogen-bond acceptors (Lipinski definition) is 6. The van der Waals surface area contributed by atoms with E-state index in [0.717, 1.165) is 44.6 Å². The first-order valence-corrected chi connectivity index (χ1v) is 14.0. The van der Waals surface area contributed by atoms with Crippen molar-refractivity contribution in [1.29, 1.82) is 0 Å². The molecule has 0 aromatic heterocycles. The van der Waals surface area contributed by atoms with E-state index >= 15 is 0 Å². The SMILES string of the molecule is CCOc1ccc(NC(=O)CC2C(=O)N(c3ccc(Cl)cc3)C(=S)N2CCCN2CCC(C(N)=O)CC2)cc1. The third-order valence-electron chi connectivity index (χ3n) is 7.09. The Morgan fingerprint density at radius 2 is 1.74 bits per heavy atom. The summed E-state index contributed by atoms with van der Waals surface area (Å²) in [6.07, 6.45) is 2.23. The highest BCUT2D eigenvalue weighted by Crippen LogP contribution is 2.29. The number of anilines is 2. The molecule has 1 atom stereocenters. The molecule has 0 saturated carbocycles. The highest BCUT2D eigenvalue weighted by Gasteiger charge is 2.44. The lowest BCUT2D eigenvalue weighted by Gasteiger charge is -2.31. The van der Waals surface area contributed by atoms with Gasteiger partial charge in [-0.3, -0.25) is 19.3 Å². The van der Waals surface area contributed by atoms with Crippen molar-refractivity contribution in [2.45, 2.75) is 38.6 Å². The number of carbonyl (C=O) groups is 3. The number of rotatable bonds is 11. The largest absolute Gasteiger partial charge is 0.494 e. The average molecular weight is 572 g/mol. The molecule has 4 rings (SSSR count). The molecule has 2 fully saturated rings. The number of thiocarbonyl (C=S) groups is 1. The van der Waals surface area contributed by atoms with Gasteiger partial charge < -0.3 is 25.6 Å². The quantitative estimate of drug-likeness (QED) is 0.396. The zero-order chi connectivity index (χ0) is 27.9. The van der Waals surface area contributed by atoms with Gasteiger partial charge in [0.25, 0.3) is 5.91 Å². The second-order valence-electron chi connectivity index (χ2n) is 9.72. The van der Waals surface area contributed by atoms with Gasteiger partial charge in [-0.1, -0.05) is 11.6 Å². The summed E-state index contributed by atoms with van der Waals surface area (Å²) in [4.78, 5) is 43.7. The number of nitrogens with zero attached hydrogens (tertiary/aromatic N) is 3. The number of benzene rings is 2. The van der Waals surface area contributed by atoms with E-state index in [-0.39, 0.29) is 30.1 Å². The lowest BCUT2D eigenvalue weighted by atomic mass is 9.96. The van der Waals surface area contributed by atoms with Crippen LogP contribution in [0.3, 0.4) is 0 Å². The minimum absolute atomic E-state index is 0.0414. The number of nitrogens with one attached hydrogen (secondary N) is 1. The first-order valence-electron chi connectivity index (χ1n) is 13.2. The Morgan fingerprint density at radius 1 is 1.08 bits per heavy atom. The molecule has 2 aromatic rings. The number of carbonyl (C=O) groups excluding carboxylic acids is 3. The van der Waals surface area contributed by atoms with Crippen LogP contribution in [0.15, 0.2) is 48.5 Å². The van der Waals surface area contributed by atoms with E-state index in [1.54, 1.807) is 48.5 Å². The van der Waals surface area contributed by atoms with E-state index in [1.165, 1.54) is 4.90 Å². The maximum atomic E-state index is 13.6. The number of ether oxygens (including phenoxy) is 1. The molecule has 3 N–H and O–H groups in total. The highest BCUT2D eigenvalue weighted by atomic mass is 35.5. The molecule has 0 spiro atoms. The number of amides is 3. The maximum absolute atomic E-state index is 13.6. The molecule has 2 aliphatic rings. The van der Waals surface area contributed by atoms with Crippen LogP contribution in [0, 0.1) is 5.92 Å². The van der Waals surface area contributed by atoms with Gasteiger partial charge in [0, 0.05) is 23.2 Å². The van der Waals surface area contributed by atoms with E-state index in [9.17, 15) is 14.4 Å². The molecule has 0 bridgehead atoms. The van der Waals surface area contributed by atoms with Gasteiger partial charge in [-0.2, -0.15) is 0 Å². The molecule has 208 valence electrons. The van der Waals surface area contributed by atoms with Gasteiger partial charge >= 0.3 is 0 Å². The number of likely N-dealkylation sites (tertiary alicyclic amines) is 1.